The van der Waals surface area contributed by atoms with Crippen LogP contribution in [0.3, 0.4) is 0 Å². The zero-order valence-corrected chi connectivity index (χ0v) is 27.8. The monoisotopic (exact) mass is 636 g/mol. The highest BCUT2D eigenvalue weighted by atomic mass is 16.5. The molecule has 0 aliphatic heterocycles. The van der Waals surface area contributed by atoms with E-state index in [2.05, 4.69) is 34.8 Å². The predicted molar refractivity (Wildman–Crippen MR) is 182 cm³/mol. The highest BCUT2D eigenvalue weighted by Crippen LogP contribution is 2.69. The van der Waals surface area contributed by atoms with Crippen molar-refractivity contribution in [2.45, 2.75) is 78.2 Å². The molecule has 1 heterocycles. The third-order valence-electron chi connectivity index (χ3n) is 10.4. The highest BCUT2D eigenvalue weighted by molar-refractivity contribution is 5.83. The number of hydrogen-bond donors (Lipinski definition) is 3. The molecule has 47 heavy (non-hydrogen) atoms. The Balaban J connectivity index is 0.855. The van der Waals surface area contributed by atoms with Gasteiger partial charge in [-0.05, 0) is 90.0 Å². The van der Waals surface area contributed by atoms with Gasteiger partial charge in [-0.2, -0.15) is 0 Å². The molecule has 8 nitrogen and oxygen atoms in total. The summed E-state index contributed by atoms with van der Waals surface area (Å²) in [6, 6.07) is 21.3. The van der Waals surface area contributed by atoms with Crippen LogP contribution < -0.4 is 20.7 Å². The number of amides is 3. The van der Waals surface area contributed by atoms with Crippen LogP contribution in [0, 0.1) is 22.2 Å². The van der Waals surface area contributed by atoms with E-state index in [0.717, 1.165) is 29.2 Å². The minimum atomic E-state index is -0.140. The Morgan fingerprint density at radius 1 is 0.766 bits per heavy atom. The van der Waals surface area contributed by atoms with Crippen molar-refractivity contribution < 1.29 is 19.1 Å². The van der Waals surface area contributed by atoms with Gasteiger partial charge in [0.05, 0.1) is 13.0 Å². The van der Waals surface area contributed by atoms with E-state index >= 15 is 0 Å². The van der Waals surface area contributed by atoms with Gasteiger partial charge in [-0.3, -0.25) is 19.4 Å². The molecule has 3 amide bonds. The van der Waals surface area contributed by atoms with Crippen molar-refractivity contribution in [1.29, 1.82) is 0 Å². The molecule has 2 unspecified atom stereocenters. The molecule has 0 radical (unpaired) electrons. The van der Waals surface area contributed by atoms with Gasteiger partial charge in [0.15, 0.2) is 0 Å². The van der Waals surface area contributed by atoms with E-state index in [0.29, 0.717) is 42.0 Å². The number of benzene rings is 2. The van der Waals surface area contributed by atoms with E-state index < -0.39 is 0 Å². The number of carbonyl (C=O) groups excluding carboxylic acids is 3. The molecule has 2 aromatic carbocycles. The summed E-state index contributed by atoms with van der Waals surface area (Å²) in [5, 5.41) is 8.98. The molecule has 7 rings (SSSR count). The fourth-order valence-corrected chi connectivity index (χ4v) is 9.40. The summed E-state index contributed by atoms with van der Waals surface area (Å²) in [5.74, 6) is 1.27. The summed E-state index contributed by atoms with van der Waals surface area (Å²) >= 11 is 0. The van der Waals surface area contributed by atoms with Gasteiger partial charge in [0.25, 0.3) is 0 Å². The second-order valence-electron chi connectivity index (χ2n) is 15.1. The van der Waals surface area contributed by atoms with Gasteiger partial charge in [-0.15, -0.1) is 0 Å². The fourth-order valence-electron chi connectivity index (χ4n) is 9.40. The molecular weight excluding hydrogens is 588 g/mol. The third kappa shape index (κ3) is 8.59. The first-order valence-electron chi connectivity index (χ1n) is 17.1. The average molecular weight is 637 g/mol. The van der Waals surface area contributed by atoms with Gasteiger partial charge in [0.1, 0.15) is 12.4 Å². The van der Waals surface area contributed by atoms with E-state index in [1.807, 2.05) is 66.7 Å². The van der Waals surface area contributed by atoms with Crippen LogP contribution in [-0.4, -0.2) is 42.4 Å². The van der Waals surface area contributed by atoms with Gasteiger partial charge in [-0.1, -0.05) is 62.4 Å². The van der Waals surface area contributed by atoms with Crippen molar-refractivity contribution in [2.75, 3.05) is 19.7 Å². The Labute approximate surface area is 278 Å². The van der Waals surface area contributed by atoms with E-state index in [-0.39, 0.29) is 42.4 Å². The Morgan fingerprint density at radius 3 is 2.11 bits per heavy atom. The van der Waals surface area contributed by atoms with Crippen molar-refractivity contribution in [3.63, 3.8) is 0 Å². The first kappa shape index (κ1) is 32.7. The molecule has 0 saturated heterocycles. The average Bonchev–Trinajstić information content (AvgIpc) is 3.03. The summed E-state index contributed by atoms with van der Waals surface area (Å²) in [6.45, 7) is 6.85. The topological polar surface area (TPSA) is 109 Å². The standard InChI is InChI=1S/C39H48N4O4/c1-37-19-29-20-38(2,24-37)26-39(21-29,25-37)27-43-35(45)15-14-34(44)40-16-17-47-33-12-9-30(10-13-33)31-8-11-32(41-23-31)18-36(46)42-22-28-6-4-3-5-7-28/h3-13,23,29H,14-22,24-27H2,1-2H3,(H,40,44)(H,42,46)(H,43,45). The summed E-state index contributed by atoms with van der Waals surface area (Å²) in [6.07, 6.45) is 10.1. The largest absolute Gasteiger partial charge is 0.492 e. The zero-order chi connectivity index (χ0) is 32.9. The predicted octanol–water partition coefficient (Wildman–Crippen LogP) is 6.00. The van der Waals surface area contributed by atoms with Crippen LogP contribution >= 0.6 is 0 Å². The van der Waals surface area contributed by atoms with Crippen molar-refractivity contribution >= 4 is 17.7 Å². The molecule has 8 heteroatoms. The highest BCUT2D eigenvalue weighted by Gasteiger charge is 2.59. The van der Waals surface area contributed by atoms with Crippen LogP contribution in [0.1, 0.15) is 76.5 Å². The third-order valence-corrected chi connectivity index (χ3v) is 10.4. The maximum Gasteiger partial charge on any atom is 0.226 e. The Kier molecular flexibility index (Phi) is 9.67. The molecule has 0 spiro atoms. The number of ether oxygens (including phenoxy) is 1. The number of rotatable bonds is 14. The quantitative estimate of drug-likeness (QED) is 0.188. The van der Waals surface area contributed by atoms with E-state index in [9.17, 15) is 14.4 Å². The molecule has 248 valence electrons. The summed E-state index contributed by atoms with van der Waals surface area (Å²) in [5.41, 5.74) is 4.80. The van der Waals surface area contributed by atoms with Crippen LogP contribution in [-0.2, 0) is 27.3 Å². The van der Waals surface area contributed by atoms with Gasteiger partial charge in [0, 0.05) is 43.4 Å². The van der Waals surface area contributed by atoms with Crippen LogP contribution in [0.15, 0.2) is 72.9 Å². The summed E-state index contributed by atoms with van der Waals surface area (Å²) in [4.78, 5) is 41.8. The number of nitrogens with zero attached hydrogens (tertiary/aromatic N) is 1. The second-order valence-corrected chi connectivity index (χ2v) is 15.1. The lowest BCUT2D eigenvalue weighted by Crippen LogP contribution is -2.58. The smallest absolute Gasteiger partial charge is 0.226 e. The fraction of sp³-hybridized carbons (Fsp3) is 0.487. The summed E-state index contributed by atoms with van der Waals surface area (Å²) < 4.78 is 5.81. The molecule has 4 aliphatic carbocycles. The van der Waals surface area contributed by atoms with Crippen molar-refractivity contribution in [3.8, 4) is 16.9 Å². The second kappa shape index (κ2) is 13.9. The molecule has 4 bridgehead atoms. The molecule has 4 aliphatic rings. The Morgan fingerprint density at radius 2 is 1.45 bits per heavy atom. The molecular formula is C39H48N4O4. The molecule has 1 aromatic heterocycles. The first-order chi connectivity index (χ1) is 22.6. The van der Waals surface area contributed by atoms with E-state index in [1.165, 1.54) is 38.5 Å². The minimum absolute atomic E-state index is 0.0308. The molecule has 4 saturated carbocycles. The lowest BCUT2D eigenvalue weighted by Gasteiger charge is -2.65. The van der Waals surface area contributed by atoms with Crippen LogP contribution in [0.4, 0.5) is 0 Å². The lowest BCUT2D eigenvalue weighted by atomic mass is 9.40. The molecule has 3 aromatic rings. The molecule has 4 fully saturated rings. The van der Waals surface area contributed by atoms with Gasteiger partial charge >= 0.3 is 0 Å². The summed E-state index contributed by atoms with van der Waals surface area (Å²) in [7, 11) is 0. The Hall–Kier alpha value is -4.20. The van der Waals surface area contributed by atoms with Crippen molar-refractivity contribution in [3.05, 3.63) is 84.2 Å². The molecule has 3 N–H and O–H groups in total. The first-order valence-corrected chi connectivity index (χ1v) is 17.1. The maximum atomic E-state index is 12.6. The van der Waals surface area contributed by atoms with E-state index in [4.69, 9.17) is 4.74 Å². The van der Waals surface area contributed by atoms with Gasteiger partial charge in [-0.25, -0.2) is 0 Å². The number of pyridine rings is 1. The van der Waals surface area contributed by atoms with Crippen molar-refractivity contribution in [1.82, 2.24) is 20.9 Å². The van der Waals surface area contributed by atoms with E-state index in [1.54, 1.807) is 6.20 Å². The lowest BCUT2D eigenvalue weighted by molar-refractivity contribution is -0.146. The van der Waals surface area contributed by atoms with Gasteiger partial charge < -0.3 is 20.7 Å². The normalized spacial score (nSPS) is 25.6. The Bertz CT molecular complexity index is 1540. The number of nitrogens with one attached hydrogen (secondary N) is 3. The minimum Gasteiger partial charge on any atom is -0.492 e. The molecule has 2 atom stereocenters. The SMILES string of the molecule is CC12CC3CC(C)(C1)CC(CNC(=O)CCC(=O)NCCOc1ccc(-c4ccc(CC(=O)NCc5ccccc5)nc4)cc1)(C3)C2. The maximum absolute atomic E-state index is 12.6. The van der Waals surface area contributed by atoms with Crippen LogP contribution in [0.25, 0.3) is 11.1 Å². The van der Waals surface area contributed by atoms with Crippen molar-refractivity contribution in [2.24, 2.45) is 22.2 Å². The number of aromatic nitrogens is 1. The number of carbonyl (C=O) groups is 3. The van der Waals surface area contributed by atoms with Crippen LogP contribution in [0.5, 0.6) is 5.75 Å². The zero-order valence-electron chi connectivity index (χ0n) is 27.8. The van der Waals surface area contributed by atoms with Crippen LogP contribution in [0.2, 0.25) is 0 Å². The number of hydrogen-bond acceptors (Lipinski definition) is 5. The van der Waals surface area contributed by atoms with Gasteiger partial charge in [0.2, 0.25) is 17.7 Å².